The third-order valence-corrected chi connectivity index (χ3v) is 4.71. The molecule has 0 aliphatic rings. The van der Waals surface area contributed by atoms with Gasteiger partial charge >= 0.3 is 5.97 Å². The summed E-state index contributed by atoms with van der Waals surface area (Å²) < 4.78 is 11.0. The van der Waals surface area contributed by atoms with E-state index in [9.17, 15) is 4.79 Å². The summed E-state index contributed by atoms with van der Waals surface area (Å²) >= 11 is 0. The lowest BCUT2D eigenvalue weighted by Crippen LogP contribution is -2.12. The number of benzene rings is 1. The number of carbonyl (C=O) groups excluding carboxylic acids is 1. The fourth-order valence-electron chi connectivity index (χ4n) is 3.07. The molecule has 0 N–H and O–H groups in total. The summed E-state index contributed by atoms with van der Waals surface area (Å²) in [6.45, 7) is 10.4. The van der Waals surface area contributed by atoms with E-state index in [0.29, 0.717) is 18.8 Å². The molecule has 0 unspecified atom stereocenters. The van der Waals surface area contributed by atoms with Crippen LogP contribution >= 0.6 is 0 Å². The Morgan fingerprint density at radius 2 is 1.48 bits per heavy atom. The van der Waals surface area contributed by atoms with Gasteiger partial charge in [-0.2, -0.15) is 0 Å². The lowest BCUT2D eigenvalue weighted by Gasteiger charge is -2.10. The zero-order valence-corrected chi connectivity index (χ0v) is 18.0. The molecule has 1 aromatic carbocycles. The number of hydrogen-bond donors (Lipinski definition) is 0. The molecular weight excluding hydrogens is 336 g/mol. The van der Waals surface area contributed by atoms with Gasteiger partial charge in [-0.15, -0.1) is 0 Å². The summed E-state index contributed by atoms with van der Waals surface area (Å²) in [5.41, 5.74) is 3.18. The van der Waals surface area contributed by atoms with Crippen LogP contribution in [0, 0.1) is 5.92 Å². The van der Waals surface area contributed by atoms with Gasteiger partial charge in [0.2, 0.25) is 0 Å². The second-order valence-corrected chi connectivity index (χ2v) is 7.88. The van der Waals surface area contributed by atoms with Gasteiger partial charge in [0.25, 0.3) is 0 Å². The van der Waals surface area contributed by atoms with Gasteiger partial charge in [0.05, 0.1) is 12.2 Å². The molecule has 1 rings (SSSR count). The molecule has 0 bridgehead atoms. The fraction of sp³-hybridized carbons (Fsp3) is 0.708. The largest absolute Gasteiger partial charge is 0.460 e. The van der Waals surface area contributed by atoms with E-state index in [2.05, 4.69) is 33.8 Å². The molecule has 0 heterocycles. The summed E-state index contributed by atoms with van der Waals surface area (Å²) in [4.78, 5) is 12.4. The molecule has 0 saturated carbocycles. The van der Waals surface area contributed by atoms with E-state index in [4.69, 9.17) is 9.47 Å². The van der Waals surface area contributed by atoms with Crippen molar-refractivity contribution in [3.8, 4) is 0 Å². The molecule has 27 heavy (non-hydrogen) atoms. The third-order valence-electron chi connectivity index (χ3n) is 4.71. The van der Waals surface area contributed by atoms with Crippen LogP contribution in [-0.2, 0) is 22.3 Å². The standard InChI is InChI=1S/C24H40O3/c1-5-7-12-21-17-22(13-8-6-2)19-23(18-21)24(25)27-16-15-26-14-10-9-11-20(3)4/h17-20H,5-16H2,1-4H3. The minimum absolute atomic E-state index is 0.227. The molecule has 1 aromatic rings. The van der Waals surface area contributed by atoms with Crippen LogP contribution in [0.25, 0.3) is 0 Å². The number of rotatable bonds is 15. The van der Waals surface area contributed by atoms with E-state index in [0.717, 1.165) is 57.5 Å². The Labute approximate surface area is 166 Å². The van der Waals surface area contributed by atoms with Gasteiger partial charge in [0.15, 0.2) is 0 Å². The summed E-state index contributed by atoms with van der Waals surface area (Å²) in [6.07, 6.45) is 10.2. The molecular formula is C24H40O3. The molecule has 0 aliphatic heterocycles. The van der Waals surface area contributed by atoms with Crippen LogP contribution in [0.1, 0.15) is 94.1 Å². The van der Waals surface area contributed by atoms with E-state index >= 15 is 0 Å². The number of ether oxygens (including phenoxy) is 2. The lowest BCUT2D eigenvalue weighted by atomic mass is 9.99. The smallest absolute Gasteiger partial charge is 0.338 e. The summed E-state index contributed by atoms with van der Waals surface area (Å²) in [6, 6.07) is 6.25. The zero-order valence-electron chi connectivity index (χ0n) is 18.0. The maximum absolute atomic E-state index is 12.4. The van der Waals surface area contributed by atoms with Gasteiger partial charge < -0.3 is 9.47 Å². The second kappa shape index (κ2) is 14.7. The Balaban J connectivity index is 2.43. The highest BCUT2D eigenvalue weighted by Crippen LogP contribution is 2.16. The molecule has 154 valence electrons. The van der Waals surface area contributed by atoms with Gasteiger partial charge in [0.1, 0.15) is 6.61 Å². The zero-order chi connectivity index (χ0) is 19.9. The predicted octanol–water partition coefficient (Wildman–Crippen LogP) is 6.37. The first kappa shape index (κ1) is 23.7. The van der Waals surface area contributed by atoms with Crippen molar-refractivity contribution in [3.05, 3.63) is 34.9 Å². The molecule has 0 radical (unpaired) electrons. The average molecular weight is 377 g/mol. The first-order valence-corrected chi connectivity index (χ1v) is 10.9. The summed E-state index contributed by atoms with van der Waals surface area (Å²) in [7, 11) is 0. The Kier molecular flexibility index (Phi) is 12.9. The van der Waals surface area contributed by atoms with E-state index in [1.807, 2.05) is 12.1 Å². The number of esters is 1. The van der Waals surface area contributed by atoms with Crippen LogP contribution in [-0.4, -0.2) is 25.8 Å². The summed E-state index contributed by atoms with van der Waals surface area (Å²) in [5, 5.41) is 0. The van der Waals surface area contributed by atoms with Crippen molar-refractivity contribution < 1.29 is 14.3 Å². The van der Waals surface area contributed by atoms with Crippen LogP contribution < -0.4 is 0 Å². The Morgan fingerprint density at radius 1 is 0.852 bits per heavy atom. The van der Waals surface area contributed by atoms with Crippen LogP contribution in [0.4, 0.5) is 0 Å². The van der Waals surface area contributed by atoms with Crippen LogP contribution in [0.15, 0.2) is 18.2 Å². The molecule has 0 amide bonds. The Bertz CT molecular complexity index is 496. The molecule has 0 saturated heterocycles. The van der Waals surface area contributed by atoms with Crippen LogP contribution in [0.5, 0.6) is 0 Å². The summed E-state index contributed by atoms with van der Waals surface area (Å²) in [5.74, 6) is 0.524. The van der Waals surface area contributed by atoms with Gasteiger partial charge in [-0.25, -0.2) is 4.79 Å². The molecule has 0 fully saturated rings. The normalized spacial score (nSPS) is 11.1. The second-order valence-electron chi connectivity index (χ2n) is 7.88. The van der Waals surface area contributed by atoms with Crippen molar-refractivity contribution >= 4 is 5.97 Å². The van der Waals surface area contributed by atoms with Crippen molar-refractivity contribution in [2.45, 2.75) is 85.5 Å². The maximum atomic E-state index is 12.4. The SMILES string of the molecule is CCCCc1cc(CCCC)cc(C(=O)OCCOCCCCC(C)C)c1. The van der Waals surface area contributed by atoms with Crippen LogP contribution in [0.3, 0.4) is 0 Å². The molecule has 3 heteroatoms. The van der Waals surface area contributed by atoms with Crippen LogP contribution in [0.2, 0.25) is 0 Å². The van der Waals surface area contributed by atoms with Crippen molar-refractivity contribution in [2.24, 2.45) is 5.92 Å². The average Bonchev–Trinajstić information content (AvgIpc) is 2.66. The number of carbonyl (C=O) groups is 1. The molecule has 3 nitrogen and oxygen atoms in total. The van der Waals surface area contributed by atoms with Crippen molar-refractivity contribution in [1.82, 2.24) is 0 Å². The third kappa shape index (κ3) is 11.2. The minimum atomic E-state index is -0.227. The van der Waals surface area contributed by atoms with Crippen molar-refractivity contribution in [1.29, 1.82) is 0 Å². The van der Waals surface area contributed by atoms with E-state index in [-0.39, 0.29) is 5.97 Å². The highest BCUT2D eigenvalue weighted by molar-refractivity contribution is 5.89. The van der Waals surface area contributed by atoms with E-state index in [1.165, 1.54) is 24.0 Å². The highest BCUT2D eigenvalue weighted by atomic mass is 16.6. The van der Waals surface area contributed by atoms with Crippen molar-refractivity contribution in [3.63, 3.8) is 0 Å². The molecule has 0 atom stereocenters. The first-order valence-electron chi connectivity index (χ1n) is 10.9. The molecule has 0 spiro atoms. The number of aryl methyl sites for hydroxylation is 2. The van der Waals surface area contributed by atoms with Gasteiger partial charge in [-0.05, 0) is 61.3 Å². The minimum Gasteiger partial charge on any atom is -0.460 e. The fourth-order valence-corrected chi connectivity index (χ4v) is 3.07. The van der Waals surface area contributed by atoms with E-state index in [1.54, 1.807) is 0 Å². The number of hydrogen-bond acceptors (Lipinski definition) is 3. The van der Waals surface area contributed by atoms with Gasteiger partial charge in [-0.1, -0.05) is 59.4 Å². The lowest BCUT2D eigenvalue weighted by molar-refractivity contribution is 0.0311. The first-order chi connectivity index (χ1) is 13.1. The van der Waals surface area contributed by atoms with Gasteiger partial charge in [-0.3, -0.25) is 0 Å². The maximum Gasteiger partial charge on any atom is 0.338 e. The predicted molar refractivity (Wildman–Crippen MR) is 113 cm³/mol. The highest BCUT2D eigenvalue weighted by Gasteiger charge is 2.10. The van der Waals surface area contributed by atoms with Gasteiger partial charge in [0, 0.05) is 6.61 Å². The van der Waals surface area contributed by atoms with Crippen molar-refractivity contribution in [2.75, 3.05) is 19.8 Å². The Hall–Kier alpha value is -1.35. The topological polar surface area (TPSA) is 35.5 Å². The Morgan fingerprint density at radius 3 is 2.04 bits per heavy atom. The quantitative estimate of drug-likeness (QED) is 0.263. The molecule has 0 aliphatic carbocycles. The monoisotopic (exact) mass is 376 g/mol. The number of unbranched alkanes of at least 4 members (excludes halogenated alkanes) is 3. The molecule has 0 aromatic heterocycles. The van der Waals surface area contributed by atoms with E-state index < -0.39 is 0 Å².